The molecule has 1 atom stereocenters. The van der Waals surface area contributed by atoms with Crippen LogP contribution < -0.4 is 25.6 Å². The maximum Gasteiger partial charge on any atom is 0.414 e. The molecule has 4 heterocycles. The van der Waals surface area contributed by atoms with Gasteiger partial charge >= 0.3 is 6.09 Å². The SMILES string of the molecule is CC(=O)NC[C@H]1CN(c2cc(F)c(N3CCn4c(=O)c5cc(N(C)C)cnc5n4CC3)c(F)c2)C(=O)O1. The van der Waals surface area contributed by atoms with Crippen LogP contribution >= 0.6 is 0 Å². The van der Waals surface area contributed by atoms with Crippen molar-refractivity contribution in [2.24, 2.45) is 0 Å². The lowest BCUT2D eigenvalue weighted by Crippen LogP contribution is -2.33. The van der Waals surface area contributed by atoms with Gasteiger partial charge in [-0.1, -0.05) is 0 Å². The molecule has 0 unspecified atom stereocenters. The minimum atomic E-state index is -0.828. The van der Waals surface area contributed by atoms with Gasteiger partial charge in [0.25, 0.3) is 5.56 Å². The van der Waals surface area contributed by atoms with E-state index < -0.39 is 23.8 Å². The summed E-state index contributed by atoms with van der Waals surface area (Å²) in [5.41, 5.74) is 0.927. The number of anilines is 3. The van der Waals surface area contributed by atoms with Gasteiger partial charge in [0.1, 0.15) is 11.8 Å². The number of cyclic esters (lactones) is 1. The Morgan fingerprint density at radius 2 is 1.78 bits per heavy atom. The topological polar surface area (TPSA) is 105 Å². The minimum Gasteiger partial charge on any atom is -0.442 e. The first-order valence-electron chi connectivity index (χ1n) is 11.9. The normalized spacial score (nSPS) is 17.5. The molecule has 2 amide bonds. The summed E-state index contributed by atoms with van der Waals surface area (Å²) < 4.78 is 39.0. The lowest BCUT2D eigenvalue weighted by atomic mass is 10.2. The molecule has 2 aliphatic heterocycles. The van der Waals surface area contributed by atoms with Gasteiger partial charge in [-0.2, -0.15) is 0 Å². The predicted molar refractivity (Wildman–Crippen MR) is 133 cm³/mol. The lowest BCUT2D eigenvalue weighted by molar-refractivity contribution is -0.119. The average Bonchev–Trinajstić information content (AvgIpc) is 3.25. The molecule has 0 spiro atoms. The summed E-state index contributed by atoms with van der Waals surface area (Å²) in [5.74, 6) is -1.93. The maximum absolute atomic E-state index is 15.3. The molecular weight excluding hydrogens is 488 g/mol. The molecule has 2 aromatic heterocycles. The van der Waals surface area contributed by atoms with Gasteiger partial charge in [-0.3, -0.25) is 19.2 Å². The molecule has 0 aliphatic carbocycles. The summed E-state index contributed by atoms with van der Waals surface area (Å²) >= 11 is 0. The number of ether oxygens (including phenoxy) is 1. The van der Waals surface area contributed by atoms with E-state index in [0.29, 0.717) is 17.6 Å². The van der Waals surface area contributed by atoms with Crippen LogP contribution in [0.4, 0.5) is 30.6 Å². The number of aromatic nitrogens is 3. The second-order valence-electron chi connectivity index (χ2n) is 9.31. The zero-order valence-corrected chi connectivity index (χ0v) is 20.7. The lowest BCUT2D eigenvalue weighted by Gasteiger charge is -2.24. The monoisotopic (exact) mass is 515 g/mol. The fraction of sp³-hybridized carbons (Fsp3) is 0.417. The first-order valence-corrected chi connectivity index (χ1v) is 11.9. The van der Waals surface area contributed by atoms with E-state index in [-0.39, 0.29) is 55.6 Å². The molecule has 1 aromatic carbocycles. The van der Waals surface area contributed by atoms with Gasteiger partial charge in [0.15, 0.2) is 17.3 Å². The highest BCUT2D eigenvalue weighted by Crippen LogP contribution is 2.31. The number of rotatable bonds is 5. The van der Waals surface area contributed by atoms with Crippen molar-refractivity contribution in [2.45, 2.75) is 26.1 Å². The first-order chi connectivity index (χ1) is 17.6. The Morgan fingerprint density at radius 1 is 1.11 bits per heavy atom. The standard InChI is InChI=1S/C24H27F2N7O4/c1-14(34)27-12-17-13-31(24(36)37-17)15-9-19(25)21(20(26)10-15)30-4-6-32-22-18(23(35)33(32)7-5-30)8-16(11-28-22)29(2)3/h8-11,17H,4-7,12-13H2,1-3H3,(H,27,34)/t17-/m0/s1. The molecule has 2 aliphatic rings. The second-order valence-corrected chi connectivity index (χ2v) is 9.31. The van der Waals surface area contributed by atoms with Crippen LogP contribution in [0.1, 0.15) is 6.92 Å². The van der Waals surface area contributed by atoms with Crippen molar-refractivity contribution >= 4 is 40.1 Å². The maximum atomic E-state index is 15.3. The van der Waals surface area contributed by atoms with E-state index in [1.807, 2.05) is 19.0 Å². The average molecular weight is 516 g/mol. The van der Waals surface area contributed by atoms with Gasteiger partial charge in [0, 0.05) is 46.2 Å². The second kappa shape index (κ2) is 9.37. The van der Waals surface area contributed by atoms with E-state index in [1.54, 1.807) is 26.5 Å². The minimum absolute atomic E-state index is 0.0262. The van der Waals surface area contributed by atoms with Crippen molar-refractivity contribution in [3.05, 3.63) is 46.4 Å². The van der Waals surface area contributed by atoms with Crippen LogP contribution in [0.25, 0.3) is 11.0 Å². The Morgan fingerprint density at radius 3 is 2.43 bits per heavy atom. The fourth-order valence-electron chi connectivity index (χ4n) is 4.74. The molecule has 0 radical (unpaired) electrons. The van der Waals surface area contributed by atoms with Crippen molar-refractivity contribution < 1.29 is 23.1 Å². The summed E-state index contributed by atoms with van der Waals surface area (Å²) in [7, 11) is 3.73. The van der Waals surface area contributed by atoms with Crippen molar-refractivity contribution in [1.29, 1.82) is 0 Å². The molecule has 1 saturated heterocycles. The van der Waals surface area contributed by atoms with E-state index in [4.69, 9.17) is 4.74 Å². The number of nitrogens with zero attached hydrogens (tertiary/aromatic N) is 6. The number of hydrogen-bond acceptors (Lipinski definition) is 7. The van der Waals surface area contributed by atoms with Crippen LogP contribution in [0.5, 0.6) is 0 Å². The molecule has 0 saturated carbocycles. The highest BCUT2D eigenvalue weighted by Gasteiger charge is 2.34. The summed E-state index contributed by atoms with van der Waals surface area (Å²) in [5, 5.41) is 3.05. The summed E-state index contributed by atoms with van der Waals surface area (Å²) in [4.78, 5) is 45.5. The van der Waals surface area contributed by atoms with Crippen LogP contribution in [-0.2, 0) is 22.6 Å². The number of pyridine rings is 1. The quantitative estimate of drug-likeness (QED) is 0.550. The van der Waals surface area contributed by atoms with Crippen molar-refractivity contribution in [3.63, 3.8) is 0 Å². The Kier molecular flexibility index (Phi) is 6.21. The Bertz CT molecular complexity index is 1430. The van der Waals surface area contributed by atoms with Crippen LogP contribution in [0.3, 0.4) is 0 Å². The highest BCUT2D eigenvalue weighted by molar-refractivity contribution is 5.90. The van der Waals surface area contributed by atoms with Crippen molar-refractivity contribution in [1.82, 2.24) is 19.7 Å². The third-order valence-corrected chi connectivity index (χ3v) is 6.62. The number of hydrogen-bond donors (Lipinski definition) is 1. The van der Waals surface area contributed by atoms with Gasteiger partial charge in [-0.05, 0) is 6.07 Å². The molecule has 11 nitrogen and oxygen atoms in total. The predicted octanol–water partition coefficient (Wildman–Crippen LogP) is 1.52. The molecule has 1 N–H and O–H groups in total. The first kappa shape index (κ1) is 24.5. The van der Waals surface area contributed by atoms with Crippen molar-refractivity contribution in [2.75, 3.05) is 55.0 Å². The largest absolute Gasteiger partial charge is 0.442 e. The highest BCUT2D eigenvalue weighted by atomic mass is 19.1. The number of carbonyl (C=O) groups is 2. The number of halogens is 2. The zero-order valence-electron chi connectivity index (χ0n) is 20.7. The molecular formula is C24H27F2N7O4. The number of benzene rings is 1. The number of carbonyl (C=O) groups excluding carboxylic acids is 2. The molecule has 1 fully saturated rings. The number of fused-ring (bicyclic) bond motifs is 3. The number of nitrogens with one attached hydrogen (secondary N) is 1. The van der Waals surface area contributed by atoms with Gasteiger partial charge in [0.2, 0.25) is 5.91 Å². The Balaban J connectivity index is 1.37. The fourth-order valence-corrected chi connectivity index (χ4v) is 4.74. The molecule has 196 valence electrons. The molecule has 5 rings (SSSR count). The van der Waals surface area contributed by atoms with E-state index >= 15 is 8.78 Å². The van der Waals surface area contributed by atoms with E-state index in [1.165, 1.54) is 6.92 Å². The Hall–Kier alpha value is -4.16. The van der Waals surface area contributed by atoms with Crippen LogP contribution in [0, 0.1) is 11.6 Å². The van der Waals surface area contributed by atoms with Crippen molar-refractivity contribution in [3.8, 4) is 0 Å². The third kappa shape index (κ3) is 4.45. The van der Waals surface area contributed by atoms with Gasteiger partial charge < -0.3 is 19.9 Å². The molecule has 3 aromatic rings. The smallest absolute Gasteiger partial charge is 0.414 e. The van der Waals surface area contributed by atoms with Crippen LogP contribution in [0.2, 0.25) is 0 Å². The molecule has 13 heteroatoms. The van der Waals surface area contributed by atoms with Gasteiger partial charge in [0.05, 0.1) is 49.1 Å². The van der Waals surface area contributed by atoms with E-state index in [0.717, 1.165) is 22.7 Å². The zero-order chi connectivity index (χ0) is 26.4. The Labute approximate surface area is 210 Å². The van der Waals surface area contributed by atoms with Crippen LogP contribution in [0.15, 0.2) is 29.2 Å². The molecule has 37 heavy (non-hydrogen) atoms. The van der Waals surface area contributed by atoms with Gasteiger partial charge in [-0.25, -0.2) is 23.2 Å². The van der Waals surface area contributed by atoms with E-state index in [9.17, 15) is 14.4 Å². The summed E-state index contributed by atoms with van der Waals surface area (Å²) in [6.07, 6.45) is 0.311. The summed E-state index contributed by atoms with van der Waals surface area (Å²) in [6, 6.07) is 3.98. The third-order valence-electron chi connectivity index (χ3n) is 6.62. The number of amides is 2. The van der Waals surface area contributed by atoms with Gasteiger partial charge in [-0.15, -0.1) is 0 Å². The van der Waals surface area contributed by atoms with Crippen LogP contribution in [-0.4, -0.2) is 72.7 Å². The summed E-state index contributed by atoms with van der Waals surface area (Å²) in [6.45, 7) is 2.47. The molecule has 0 bridgehead atoms. The van der Waals surface area contributed by atoms with E-state index in [2.05, 4.69) is 10.3 Å².